The Kier molecular flexibility index (Phi) is 3.20. The Morgan fingerprint density at radius 3 is 2.83 bits per heavy atom. The first-order valence-corrected chi connectivity index (χ1v) is 4.45. The van der Waals surface area contributed by atoms with E-state index in [1.54, 1.807) is 25.4 Å². The summed E-state index contributed by atoms with van der Waals surface area (Å²) in [6.07, 6.45) is 2.76. The highest BCUT2D eigenvalue weighted by Gasteiger charge is 2.14. The van der Waals surface area contributed by atoms with E-state index in [0.29, 0.717) is 0 Å². The molecular weight excluding hydrogens is 220 g/mol. The van der Waals surface area contributed by atoms with Crippen LogP contribution in [0.2, 0.25) is 0 Å². The van der Waals surface area contributed by atoms with Crippen LogP contribution in [0.4, 0.5) is 0 Å². The van der Waals surface area contributed by atoms with E-state index in [1.807, 2.05) is 0 Å². The molecule has 1 aromatic rings. The minimum Gasteiger partial charge on any atom is -0.391 e. The number of aliphatic hydroxyl groups is 1. The Balaban J connectivity index is 2.94. The predicted octanol–water partition coefficient (Wildman–Crippen LogP) is 1.22. The molecule has 1 heterocycles. The van der Waals surface area contributed by atoms with Gasteiger partial charge in [0.15, 0.2) is 0 Å². The van der Waals surface area contributed by atoms with E-state index in [2.05, 4.69) is 20.9 Å². The summed E-state index contributed by atoms with van der Waals surface area (Å²) in [7, 11) is 0. The van der Waals surface area contributed by atoms with Gasteiger partial charge in [-0.25, -0.2) is 0 Å². The van der Waals surface area contributed by atoms with Gasteiger partial charge in [0.25, 0.3) is 0 Å². The summed E-state index contributed by atoms with van der Waals surface area (Å²) in [6, 6.07) is 1.42. The molecule has 3 N–H and O–H groups in total. The van der Waals surface area contributed by atoms with E-state index in [9.17, 15) is 5.11 Å². The second kappa shape index (κ2) is 3.98. The lowest BCUT2D eigenvalue weighted by molar-refractivity contribution is 0.164. The molecule has 0 aliphatic heterocycles. The summed E-state index contributed by atoms with van der Waals surface area (Å²) >= 11 is 3.33. The van der Waals surface area contributed by atoms with Crippen LogP contribution < -0.4 is 5.73 Å². The van der Waals surface area contributed by atoms with Crippen molar-refractivity contribution in [3.8, 4) is 0 Å². The van der Waals surface area contributed by atoms with Gasteiger partial charge in [0.2, 0.25) is 0 Å². The first kappa shape index (κ1) is 9.64. The normalized spacial score (nSPS) is 15.7. The smallest absolute Gasteiger partial charge is 0.0705 e. The Morgan fingerprint density at radius 1 is 1.67 bits per heavy atom. The lowest BCUT2D eigenvalue weighted by Gasteiger charge is -2.15. The molecule has 0 amide bonds. The van der Waals surface area contributed by atoms with Crippen LogP contribution in [0, 0.1) is 0 Å². The molecule has 0 aromatic carbocycles. The summed E-state index contributed by atoms with van der Waals surface area (Å²) < 4.78 is 0.880. The fraction of sp³-hybridized carbons (Fsp3) is 0.375. The first-order valence-electron chi connectivity index (χ1n) is 3.66. The van der Waals surface area contributed by atoms with E-state index >= 15 is 0 Å². The molecule has 0 fully saturated rings. The SMILES string of the molecule is C[C@@H](O)[C@H](N)c1cnccc1Br. The van der Waals surface area contributed by atoms with Crippen LogP contribution in [-0.2, 0) is 0 Å². The summed E-state index contributed by atoms with van der Waals surface area (Å²) in [6.45, 7) is 1.66. The highest BCUT2D eigenvalue weighted by Crippen LogP contribution is 2.22. The third-order valence-corrected chi connectivity index (χ3v) is 2.40. The van der Waals surface area contributed by atoms with Crippen molar-refractivity contribution in [2.45, 2.75) is 19.1 Å². The number of aliphatic hydroxyl groups excluding tert-OH is 1. The highest BCUT2D eigenvalue weighted by molar-refractivity contribution is 9.10. The van der Waals surface area contributed by atoms with Crippen LogP contribution in [0.3, 0.4) is 0 Å². The fourth-order valence-electron chi connectivity index (χ4n) is 0.895. The average molecular weight is 231 g/mol. The van der Waals surface area contributed by atoms with Crippen LogP contribution >= 0.6 is 15.9 Å². The molecule has 1 aromatic heterocycles. The van der Waals surface area contributed by atoms with Gasteiger partial charge in [0, 0.05) is 22.4 Å². The second-order valence-electron chi connectivity index (χ2n) is 2.66. The molecular formula is C8H11BrN2O. The lowest BCUT2D eigenvalue weighted by Crippen LogP contribution is -2.23. The molecule has 3 nitrogen and oxygen atoms in total. The maximum Gasteiger partial charge on any atom is 0.0705 e. The van der Waals surface area contributed by atoms with Crippen LogP contribution in [0.15, 0.2) is 22.9 Å². The third-order valence-electron chi connectivity index (χ3n) is 1.68. The molecule has 0 spiro atoms. The minimum absolute atomic E-state index is 0.381. The summed E-state index contributed by atoms with van der Waals surface area (Å²) in [4.78, 5) is 3.93. The largest absolute Gasteiger partial charge is 0.391 e. The van der Waals surface area contributed by atoms with Gasteiger partial charge in [-0.15, -0.1) is 0 Å². The van der Waals surface area contributed by atoms with Crippen molar-refractivity contribution in [1.82, 2.24) is 4.98 Å². The van der Waals surface area contributed by atoms with Crippen molar-refractivity contribution in [2.75, 3.05) is 0 Å². The third kappa shape index (κ3) is 2.03. The van der Waals surface area contributed by atoms with Crippen LogP contribution in [0.5, 0.6) is 0 Å². The van der Waals surface area contributed by atoms with Crippen LogP contribution in [-0.4, -0.2) is 16.2 Å². The van der Waals surface area contributed by atoms with Gasteiger partial charge in [-0.3, -0.25) is 4.98 Å². The second-order valence-corrected chi connectivity index (χ2v) is 3.52. The fourth-order valence-corrected chi connectivity index (χ4v) is 1.38. The van der Waals surface area contributed by atoms with Crippen LogP contribution in [0.1, 0.15) is 18.5 Å². The van der Waals surface area contributed by atoms with Crippen molar-refractivity contribution >= 4 is 15.9 Å². The van der Waals surface area contributed by atoms with Gasteiger partial charge in [-0.05, 0) is 13.0 Å². The number of hydrogen-bond acceptors (Lipinski definition) is 3. The monoisotopic (exact) mass is 230 g/mol. The summed E-state index contributed by atoms with van der Waals surface area (Å²) in [5.74, 6) is 0. The summed E-state index contributed by atoms with van der Waals surface area (Å²) in [5.41, 5.74) is 6.55. The lowest BCUT2D eigenvalue weighted by atomic mass is 10.1. The number of aromatic nitrogens is 1. The molecule has 0 saturated heterocycles. The van der Waals surface area contributed by atoms with Crippen molar-refractivity contribution in [3.05, 3.63) is 28.5 Å². The molecule has 0 unspecified atom stereocenters. The van der Waals surface area contributed by atoms with Gasteiger partial charge in [0.1, 0.15) is 0 Å². The van der Waals surface area contributed by atoms with E-state index < -0.39 is 6.10 Å². The van der Waals surface area contributed by atoms with Crippen molar-refractivity contribution < 1.29 is 5.11 Å². The molecule has 0 radical (unpaired) electrons. The molecule has 0 aliphatic carbocycles. The Labute approximate surface area is 79.7 Å². The molecule has 4 heteroatoms. The molecule has 0 saturated carbocycles. The van der Waals surface area contributed by atoms with E-state index in [-0.39, 0.29) is 6.04 Å². The molecule has 0 bridgehead atoms. The maximum atomic E-state index is 9.23. The first-order chi connectivity index (χ1) is 5.63. The zero-order valence-corrected chi connectivity index (χ0v) is 8.32. The van der Waals surface area contributed by atoms with E-state index in [1.165, 1.54) is 0 Å². The minimum atomic E-state index is -0.564. The zero-order valence-electron chi connectivity index (χ0n) is 6.74. The number of pyridine rings is 1. The zero-order chi connectivity index (χ0) is 9.14. The van der Waals surface area contributed by atoms with E-state index in [0.717, 1.165) is 10.0 Å². The quantitative estimate of drug-likeness (QED) is 0.804. The molecule has 0 aliphatic rings. The Hall–Kier alpha value is -0.450. The number of rotatable bonds is 2. The standard InChI is InChI=1S/C8H11BrN2O/c1-5(12)8(10)6-4-11-3-2-7(6)9/h2-5,8,12H,10H2,1H3/t5-,8+/m1/s1. The Bertz CT molecular complexity index is 265. The number of hydrogen-bond donors (Lipinski definition) is 2. The van der Waals surface area contributed by atoms with Crippen molar-refractivity contribution in [3.63, 3.8) is 0 Å². The predicted molar refractivity (Wildman–Crippen MR) is 50.5 cm³/mol. The van der Waals surface area contributed by atoms with Gasteiger partial charge in [-0.1, -0.05) is 15.9 Å². The van der Waals surface area contributed by atoms with Gasteiger partial charge in [0.05, 0.1) is 12.1 Å². The molecule has 66 valence electrons. The number of nitrogens with zero attached hydrogens (tertiary/aromatic N) is 1. The molecule has 2 atom stereocenters. The van der Waals surface area contributed by atoms with Crippen molar-refractivity contribution in [2.24, 2.45) is 5.73 Å². The van der Waals surface area contributed by atoms with E-state index in [4.69, 9.17) is 5.73 Å². The highest BCUT2D eigenvalue weighted by atomic mass is 79.9. The molecule has 1 rings (SSSR count). The molecule has 12 heavy (non-hydrogen) atoms. The van der Waals surface area contributed by atoms with Gasteiger partial charge in [-0.2, -0.15) is 0 Å². The number of halogens is 1. The maximum absolute atomic E-state index is 9.23. The average Bonchev–Trinajstić information content (AvgIpc) is 2.04. The number of nitrogens with two attached hydrogens (primary N) is 1. The Morgan fingerprint density at radius 2 is 2.33 bits per heavy atom. The van der Waals surface area contributed by atoms with Crippen LogP contribution in [0.25, 0.3) is 0 Å². The summed E-state index contributed by atoms with van der Waals surface area (Å²) in [5, 5.41) is 9.23. The van der Waals surface area contributed by atoms with Gasteiger partial charge < -0.3 is 10.8 Å². The topological polar surface area (TPSA) is 59.1 Å². The van der Waals surface area contributed by atoms with Crippen molar-refractivity contribution in [1.29, 1.82) is 0 Å². The van der Waals surface area contributed by atoms with Gasteiger partial charge >= 0.3 is 0 Å².